The second-order valence-electron chi connectivity index (χ2n) is 10.2. The molecule has 0 atom stereocenters. The van der Waals surface area contributed by atoms with Crippen LogP contribution in [0.25, 0.3) is 16.9 Å². The standard InChI is InChI=1S/C27H29N7O2.ClH/c1-4-12-33-24(35)19-15-29-25(30-18-8-9-20-17(13-18)14-28-16-27(20)10-11-27)32-23(19)34(33)22-7-5-6-21(31-22)26(2,3)36;/h4-9,13,15,28,36H,1,10-12,14,16H2,2-3H3,(H,29,30,32);1H. The molecule has 1 spiro atoms. The van der Waals surface area contributed by atoms with Gasteiger partial charge in [-0.05, 0) is 62.1 Å². The first-order chi connectivity index (χ1) is 17.3. The van der Waals surface area contributed by atoms with E-state index in [-0.39, 0.29) is 24.5 Å². The molecule has 9 nitrogen and oxygen atoms in total. The highest BCUT2D eigenvalue weighted by molar-refractivity contribution is 5.85. The number of anilines is 2. The molecule has 1 aliphatic heterocycles. The van der Waals surface area contributed by atoms with E-state index in [9.17, 15) is 9.90 Å². The largest absolute Gasteiger partial charge is 0.384 e. The highest BCUT2D eigenvalue weighted by Crippen LogP contribution is 2.50. The molecule has 10 heteroatoms. The maximum absolute atomic E-state index is 13.2. The fraction of sp³-hybridized carbons (Fsp3) is 0.333. The third kappa shape index (κ3) is 4.33. The summed E-state index contributed by atoms with van der Waals surface area (Å²) >= 11 is 0. The Balaban J connectivity index is 0.00000280. The lowest BCUT2D eigenvalue weighted by Crippen LogP contribution is -2.33. The van der Waals surface area contributed by atoms with Gasteiger partial charge in [-0.1, -0.05) is 18.2 Å². The molecule has 0 bridgehead atoms. The highest BCUT2D eigenvalue weighted by atomic mass is 35.5. The lowest BCUT2D eigenvalue weighted by Gasteiger charge is -2.26. The molecule has 0 unspecified atom stereocenters. The van der Waals surface area contributed by atoms with Crippen molar-refractivity contribution in [2.45, 2.75) is 50.8 Å². The van der Waals surface area contributed by atoms with Gasteiger partial charge in [-0.25, -0.2) is 19.3 Å². The third-order valence-electron chi connectivity index (χ3n) is 7.12. The Kier molecular flexibility index (Phi) is 6.18. The van der Waals surface area contributed by atoms with E-state index in [4.69, 9.17) is 4.98 Å². The molecule has 0 saturated heterocycles. The number of hydrogen-bond donors (Lipinski definition) is 3. The zero-order valence-electron chi connectivity index (χ0n) is 20.9. The van der Waals surface area contributed by atoms with Crippen molar-refractivity contribution >= 4 is 35.1 Å². The smallest absolute Gasteiger partial charge is 0.278 e. The van der Waals surface area contributed by atoms with Crippen LogP contribution in [0.15, 0.2) is 60.0 Å². The minimum Gasteiger partial charge on any atom is -0.384 e. The monoisotopic (exact) mass is 519 g/mol. The van der Waals surface area contributed by atoms with E-state index in [1.54, 1.807) is 49.0 Å². The SMILES string of the molecule is C=CCn1c(=O)c2cnc(Nc3ccc4c(c3)CNCC43CC3)nc2n1-c1cccc(C(C)(C)O)n1.Cl. The minimum absolute atomic E-state index is 0. The molecule has 4 aromatic rings. The van der Waals surface area contributed by atoms with Crippen LogP contribution in [0.4, 0.5) is 11.6 Å². The minimum atomic E-state index is -1.13. The molecule has 1 fully saturated rings. The van der Waals surface area contributed by atoms with Crippen molar-refractivity contribution < 1.29 is 5.11 Å². The molecule has 6 rings (SSSR count). The van der Waals surface area contributed by atoms with E-state index in [0.717, 1.165) is 18.8 Å². The number of aromatic nitrogens is 5. The van der Waals surface area contributed by atoms with Gasteiger partial charge in [-0.3, -0.25) is 4.79 Å². The van der Waals surface area contributed by atoms with Crippen LogP contribution in [0.2, 0.25) is 0 Å². The van der Waals surface area contributed by atoms with Crippen molar-refractivity contribution in [3.05, 3.63) is 82.4 Å². The van der Waals surface area contributed by atoms with Gasteiger partial charge >= 0.3 is 0 Å². The molecule has 37 heavy (non-hydrogen) atoms. The maximum Gasteiger partial charge on any atom is 0.278 e. The molecule has 3 aromatic heterocycles. The van der Waals surface area contributed by atoms with Crippen LogP contribution >= 0.6 is 12.4 Å². The molecule has 2 aliphatic rings. The second-order valence-corrected chi connectivity index (χ2v) is 10.2. The summed E-state index contributed by atoms with van der Waals surface area (Å²) in [7, 11) is 0. The van der Waals surface area contributed by atoms with Crippen LogP contribution < -0.4 is 16.2 Å². The van der Waals surface area contributed by atoms with E-state index in [1.165, 1.54) is 28.7 Å². The number of aliphatic hydroxyl groups is 1. The van der Waals surface area contributed by atoms with Gasteiger partial charge in [0.25, 0.3) is 5.56 Å². The molecule has 1 aliphatic carbocycles. The Morgan fingerprint density at radius 2 is 2.05 bits per heavy atom. The van der Waals surface area contributed by atoms with E-state index >= 15 is 0 Å². The summed E-state index contributed by atoms with van der Waals surface area (Å²) in [6.07, 6.45) is 5.67. The molecule has 192 valence electrons. The molecule has 1 aromatic carbocycles. The molecular formula is C27H30ClN7O2. The number of rotatable bonds is 6. The van der Waals surface area contributed by atoms with Crippen LogP contribution in [0, 0.1) is 0 Å². The van der Waals surface area contributed by atoms with Gasteiger partial charge < -0.3 is 15.7 Å². The highest BCUT2D eigenvalue weighted by Gasteiger charge is 2.46. The van der Waals surface area contributed by atoms with E-state index in [0.29, 0.717) is 33.9 Å². The summed E-state index contributed by atoms with van der Waals surface area (Å²) < 4.78 is 3.18. The van der Waals surface area contributed by atoms with Crippen molar-refractivity contribution in [1.29, 1.82) is 0 Å². The first-order valence-corrected chi connectivity index (χ1v) is 12.2. The van der Waals surface area contributed by atoms with Crippen LogP contribution in [0.3, 0.4) is 0 Å². The van der Waals surface area contributed by atoms with Crippen molar-refractivity contribution in [1.82, 2.24) is 29.6 Å². The average Bonchev–Trinajstić information content (AvgIpc) is 3.57. The third-order valence-corrected chi connectivity index (χ3v) is 7.12. The topological polar surface area (TPSA) is 110 Å². The van der Waals surface area contributed by atoms with Gasteiger partial charge in [0.15, 0.2) is 11.5 Å². The first-order valence-electron chi connectivity index (χ1n) is 12.2. The number of fused-ring (bicyclic) bond motifs is 3. The Labute approximate surface area is 220 Å². The summed E-state index contributed by atoms with van der Waals surface area (Å²) in [5.41, 5.74) is 3.50. The molecule has 4 heterocycles. The predicted molar refractivity (Wildman–Crippen MR) is 146 cm³/mol. The molecule has 0 amide bonds. The van der Waals surface area contributed by atoms with E-state index in [1.807, 2.05) is 0 Å². The zero-order valence-corrected chi connectivity index (χ0v) is 21.7. The first kappa shape index (κ1) is 25.1. The summed E-state index contributed by atoms with van der Waals surface area (Å²) in [6.45, 7) is 9.31. The number of halogens is 1. The Bertz CT molecular complexity index is 1560. The second kappa shape index (κ2) is 9.09. The van der Waals surface area contributed by atoms with Crippen LogP contribution in [-0.4, -0.2) is 36.0 Å². The summed E-state index contributed by atoms with van der Waals surface area (Å²) in [5, 5.41) is 17.7. The fourth-order valence-corrected chi connectivity index (χ4v) is 5.08. The van der Waals surface area contributed by atoms with Gasteiger partial charge in [0.1, 0.15) is 11.0 Å². The Morgan fingerprint density at radius 3 is 2.78 bits per heavy atom. The number of allylic oxidation sites excluding steroid dienone is 1. The zero-order chi connectivity index (χ0) is 25.1. The molecule has 1 saturated carbocycles. The Morgan fingerprint density at radius 1 is 1.24 bits per heavy atom. The van der Waals surface area contributed by atoms with E-state index in [2.05, 4.69) is 45.4 Å². The maximum atomic E-state index is 13.2. The number of nitrogens with zero attached hydrogens (tertiary/aromatic N) is 5. The number of pyridine rings is 1. The van der Waals surface area contributed by atoms with Crippen LogP contribution in [0.1, 0.15) is 43.5 Å². The number of benzene rings is 1. The number of nitrogens with one attached hydrogen (secondary N) is 2. The molecular weight excluding hydrogens is 490 g/mol. The predicted octanol–water partition coefficient (Wildman–Crippen LogP) is 3.69. The van der Waals surface area contributed by atoms with Crippen molar-refractivity contribution in [2.24, 2.45) is 0 Å². The molecule has 0 radical (unpaired) electrons. The molecule has 3 N–H and O–H groups in total. The van der Waals surface area contributed by atoms with Gasteiger partial charge in [0, 0.05) is 30.4 Å². The summed E-state index contributed by atoms with van der Waals surface area (Å²) in [5.74, 6) is 0.860. The van der Waals surface area contributed by atoms with Crippen molar-refractivity contribution in [2.75, 3.05) is 11.9 Å². The Hall–Kier alpha value is -3.53. The summed E-state index contributed by atoms with van der Waals surface area (Å²) in [6, 6.07) is 11.8. The average molecular weight is 520 g/mol. The van der Waals surface area contributed by atoms with Gasteiger partial charge in [0.2, 0.25) is 5.95 Å². The van der Waals surface area contributed by atoms with E-state index < -0.39 is 5.60 Å². The normalized spacial score (nSPS) is 15.8. The number of hydrogen-bond acceptors (Lipinski definition) is 7. The van der Waals surface area contributed by atoms with Crippen LogP contribution in [0.5, 0.6) is 0 Å². The fourth-order valence-electron chi connectivity index (χ4n) is 5.08. The lowest BCUT2D eigenvalue weighted by atomic mass is 9.88. The van der Waals surface area contributed by atoms with Crippen LogP contribution in [-0.2, 0) is 24.1 Å². The van der Waals surface area contributed by atoms with Crippen molar-refractivity contribution in [3.8, 4) is 5.82 Å². The van der Waals surface area contributed by atoms with Gasteiger partial charge in [0.05, 0.1) is 12.2 Å². The quantitative estimate of drug-likeness (QED) is 0.333. The van der Waals surface area contributed by atoms with Gasteiger partial charge in [-0.15, -0.1) is 19.0 Å². The lowest BCUT2D eigenvalue weighted by molar-refractivity contribution is 0.0738. The van der Waals surface area contributed by atoms with Crippen molar-refractivity contribution in [3.63, 3.8) is 0 Å². The van der Waals surface area contributed by atoms with Gasteiger partial charge in [-0.2, -0.15) is 4.98 Å². The summed E-state index contributed by atoms with van der Waals surface area (Å²) in [4.78, 5) is 27.0.